The van der Waals surface area contributed by atoms with Crippen LogP contribution in [0.5, 0.6) is 0 Å². The third kappa shape index (κ3) is 3.29. The molecule has 0 fully saturated rings. The van der Waals surface area contributed by atoms with E-state index >= 15 is 0 Å². The van der Waals surface area contributed by atoms with E-state index in [1.54, 1.807) is 3.61 Å². The second-order valence-electron chi connectivity index (χ2n) is 1.72. The van der Waals surface area contributed by atoms with Crippen LogP contribution in [0.25, 0.3) is 0 Å². The molecule has 0 saturated heterocycles. The van der Waals surface area contributed by atoms with Crippen LogP contribution in [0.1, 0.15) is 0 Å². The van der Waals surface area contributed by atoms with Gasteiger partial charge in [-0.05, 0) is 0 Å². The summed E-state index contributed by atoms with van der Waals surface area (Å²) in [7, 11) is 0. The maximum absolute atomic E-state index is 2.61. The van der Waals surface area contributed by atoms with Gasteiger partial charge < -0.3 is 0 Å². The normalized spacial score (nSPS) is 13.1. The van der Waals surface area contributed by atoms with Gasteiger partial charge in [0.1, 0.15) is 0 Å². The zero-order valence-corrected chi connectivity index (χ0v) is 13.7. The Morgan fingerprint density at radius 3 is 1.70 bits per heavy atom. The minimum absolute atomic E-state index is 1.55. The molecule has 0 radical (unpaired) electrons. The van der Waals surface area contributed by atoms with Crippen molar-refractivity contribution in [3.05, 3.63) is 30.3 Å². The van der Waals surface area contributed by atoms with Gasteiger partial charge in [-0.25, -0.2) is 0 Å². The van der Waals surface area contributed by atoms with Gasteiger partial charge in [-0.15, -0.1) is 0 Å². The number of hydrogen-bond donors (Lipinski definition) is 0. The van der Waals surface area contributed by atoms with Crippen molar-refractivity contribution in [1.82, 2.24) is 0 Å². The molecule has 0 aliphatic carbocycles. The molecule has 0 amide bonds. The van der Waals surface area contributed by atoms with Gasteiger partial charge >= 0.3 is 96.4 Å². The van der Waals surface area contributed by atoms with E-state index in [0.717, 1.165) is 0 Å². The Labute approximate surface area is 94.1 Å². The fraction of sp³-hybridized carbons (Fsp3) is 0. The van der Waals surface area contributed by atoms with Gasteiger partial charge in [-0.2, -0.15) is 0 Å². The van der Waals surface area contributed by atoms with Crippen LogP contribution in [0.3, 0.4) is 0 Å². The summed E-state index contributed by atoms with van der Waals surface area (Å²) >= 11 is 7.82. The summed E-state index contributed by atoms with van der Waals surface area (Å²) in [5, 5.41) is 0. The molecule has 0 spiro atoms. The monoisotopic (exact) mass is 588 g/mol. The summed E-state index contributed by atoms with van der Waals surface area (Å²) in [6.07, 6.45) is -1.61. The second kappa shape index (κ2) is 4.44. The maximum atomic E-state index is 2.61. The summed E-state index contributed by atoms with van der Waals surface area (Å²) in [6.45, 7) is 0. The van der Waals surface area contributed by atoms with Crippen LogP contribution in [0.4, 0.5) is 0 Å². The van der Waals surface area contributed by atoms with Crippen molar-refractivity contribution in [1.29, 1.82) is 0 Å². The standard InChI is InChI=1S/C6H5I3Te/c7-10(8,9)6-4-2-1-3-5-6/h1-5H. The molecule has 0 unspecified atom stereocenters. The molecule has 0 aliphatic heterocycles. The van der Waals surface area contributed by atoms with Crippen LogP contribution >= 0.6 is 56.1 Å². The van der Waals surface area contributed by atoms with Crippen molar-refractivity contribution in [3.63, 3.8) is 0 Å². The Bertz CT molecular complexity index is 204. The van der Waals surface area contributed by atoms with Crippen LogP contribution in [0, 0.1) is 0 Å². The summed E-state index contributed by atoms with van der Waals surface area (Å²) < 4.78 is 1.55. The van der Waals surface area contributed by atoms with Gasteiger partial charge in [0.2, 0.25) is 0 Å². The predicted molar refractivity (Wildman–Crippen MR) is 73.9 cm³/mol. The van der Waals surface area contributed by atoms with E-state index in [9.17, 15) is 0 Å². The summed E-state index contributed by atoms with van der Waals surface area (Å²) in [5.41, 5.74) is 0. The summed E-state index contributed by atoms with van der Waals surface area (Å²) in [5.74, 6) is 0. The van der Waals surface area contributed by atoms with E-state index in [0.29, 0.717) is 0 Å². The second-order valence-corrected chi connectivity index (χ2v) is 65.9. The van der Waals surface area contributed by atoms with E-state index in [1.165, 1.54) is 0 Å². The SMILES string of the molecule is I[Te](I)(I)c1ccccc1. The molecule has 1 rings (SSSR count). The van der Waals surface area contributed by atoms with E-state index in [4.69, 9.17) is 0 Å². The zero-order valence-electron chi connectivity index (χ0n) is 4.93. The van der Waals surface area contributed by atoms with Crippen molar-refractivity contribution in [2.24, 2.45) is 0 Å². The molecule has 4 heteroatoms. The third-order valence-corrected chi connectivity index (χ3v) is 13.5. The molecule has 0 nitrogen and oxygen atoms in total. The molecule has 10 heavy (non-hydrogen) atoms. The molecule has 1 aromatic rings. The third-order valence-electron chi connectivity index (χ3n) is 1.01. The first kappa shape index (κ1) is 10.3. The van der Waals surface area contributed by atoms with Gasteiger partial charge in [0.15, 0.2) is 0 Å². The topological polar surface area (TPSA) is 0 Å². The molecule has 1 aromatic carbocycles. The van der Waals surface area contributed by atoms with E-state index in [2.05, 4.69) is 86.4 Å². The molecule has 0 N–H and O–H groups in total. The van der Waals surface area contributed by atoms with Gasteiger partial charge in [-0.1, -0.05) is 0 Å². The van der Waals surface area contributed by atoms with Gasteiger partial charge in [0, 0.05) is 0 Å². The van der Waals surface area contributed by atoms with Crippen molar-refractivity contribution in [2.75, 3.05) is 0 Å². The van der Waals surface area contributed by atoms with Crippen molar-refractivity contribution in [3.8, 4) is 0 Å². The molecule has 0 heterocycles. The number of hydrogen-bond acceptors (Lipinski definition) is 0. The number of halogens is 3. The van der Waals surface area contributed by atoms with Crippen molar-refractivity contribution < 1.29 is 0 Å². The molecule has 0 bridgehead atoms. The van der Waals surface area contributed by atoms with Crippen LogP contribution < -0.4 is 3.61 Å². The zero-order chi connectivity index (χ0) is 7.61. The van der Waals surface area contributed by atoms with E-state index in [-0.39, 0.29) is 0 Å². The number of benzene rings is 1. The Morgan fingerprint density at radius 2 is 1.40 bits per heavy atom. The molecule has 0 aliphatic rings. The van der Waals surface area contributed by atoms with E-state index < -0.39 is 6.35 Å². The minimum atomic E-state index is -1.61. The first-order valence-electron chi connectivity index (χ1n) is 2.58. The quantitative estimate of drug-likeness (QED) is 0.351. The molecule has 0 saturated carbocycles. The molecule has 56 valence electrons. The molecular weight excluding hydrogens is 580 g/mol. The first-order valence-corrected chi connectivity index (χ1v) is 24.1. The van der Waals surface area contributed by atoms with Crippen LogP contribution in [0.15, 0.2) is 30.3 Å². The first-order chi connectivity index (χ1) is 4.61. The average molecular weight is 585 g/mol. The molecule has 0 aromatic heterocycles. The molecular formula is C6H5I3Te. The summed E-state index contributed by atoms with van der Waals surface area (Å²) in [6, 6.07) is 10.8. The van der Waals surface area contributed by atoms with E-state index in [1.807, 2.05) is 0 Å². The van der Waals surface area contributed by atoms with Gasteiger partial charge in [0.25, 0.3) is 0 Å². The Kier molecular flexibility index (Phi) is 4.56. The van der Waals surface area contributed by atoms with Crippen LogP contribution in [-0.4, -0.2) is 6.35 Å². The van der Waals surface area contributed by atoms with Gasteiger partial charge in [-0.3, -0.25) is 0 Å². The fourth-order valence-electron chi connectivity index (χ4n) is 0.575. The Morgan fingerprint density at radius 1 is 0.900 bits per heavy atom. The van der Waals surface area contributed by atoms with Crippen LogP contribution in [0.2, 0.25) is 0 Å². The predicted octanol–water partition coefficient (Wildman–Crippen LogP) is 3.14. The Balaban J connectivity index is 2.97. The van der Waals surface area contributed by atoms with Crippen molar-refractivity contribution in [2.45, 2.75) is 0 Å². The average Bonchev–Trinajstić information content (AvgIpc) is 1.88. The Hall–Kier alpha value is 2.20. The van der Waals surface area contributed by atoms with Crippen LogP contribution in [-0.2, 0) is 0 Å². The number of rotatable bonds is 1. The van der Waals surface area contributed by atoms with Crippen molar-refractivity contribution >= 4 is 66.0 Å². The van der Waals surface area contributed by atoms with Gasteiger partial charge in [0.05, 0.1) is 0 Å². The molecule has 0 atom stereocenters. The fourth-order valence-corrected chi connectivity index (χ4v) is 7.81. The summed E-state index contributed by atoms with van der Waals surface area (Å²) in [4.78, 5) is 0.